The fourth-order valence-corrected chi connectivity index (χ4v) is 4.23. The van der Waals surface area contributed by atoms with E-state index in [9.17, 15) is 9.59 Å². The van der Waals surface area contributed by atoms with Crippen LogP contribution in [0.1, 0.15) is 48.1 Å². The SMILES string of the molecule is CCCN(C(=O)c1ccc(C)cc1)C(C)c1nc2ccccc2c(=O)n1-c1ccccc1Cl. The van der Waals surface area contributed by atoms with Crippen LogP contribution < -0.4 is 5.56 Å². The van der Waals surface area contributed by atoms with E-state index in [-0.39, 0.29) is 11.5 Å². The lowest BCUT2D eigenvalue weighted by molar-refractivity contribution is 0.0681. The smallest absolute Gasteiger partial charge is 0.266 e. The topological polar surface area (TPSA) is 55.2 Å². The summed E-state index contributed by atoms with van der Waals surface area (Å²) < 4.78 is 1.54. The average molecular weight is 460 g/mol. The highest BCUT2D eigenvalue weighted by molar-refractivity contribution is 6.32. The number of carbonyl (C=O) groups excluding carboxylic acids is 1. The molecule has 0 spiro atoms. The fraction of sp³-hybridized carbons (Fsp3) is 0.222. The van der Waals surface area contributed by atoms with Gasteiger partial charge in [-0.1, -0.05) is 60.5 Å². The molecular weight excluding hydrogens is 434 g/mol. The summed E-state index contributed by atoms with van der Waals surface area (Å²) in [5.74, 6) is 0.373. The summed E-state index contributed by atoms with van der Waals surface area (Å²) in [4.78, 5) is 33.8. The van der Waals surface area contributed by atoms with Gasteiger partial charge >= 0.3 is 0 Å². The number of benzene rings is 3. The molecule has 1 heterocycles. The molecule has 0 fully saturated rings. The Morgan fingerprint density at radius 2 is 1.70 bits per heavy atom. The number of nitrogens with zero attached hydrogens (tertiary/aromatic N) is 3. The molecule has 0 saturated carbocycles. The molecule has 0 radical (unpaired) electrons. The Balaban J connectivity index is 1.92. The lowest BCUT2D eigenvalue weighted by Gasteiger charge is -2.30. The number of aromatic nitrogens is 2. The zero-order chi connectivity index (χ0) is 23.5. The Kier molecular flexibility index (Phi) is 6.61. The number of rotatable bonds is 6. The van der Waals surface area contributed by atoms with Gasteiger partial charge in [-0.15, -0.1) is 0 Å². The van der Waals surface area contributed by atoms with Gasteiger partial charge < -0.3 is 4.90 Å². The number of hydrogen-bond donors (Lipinski definition) is 0. The van der Waals surface area contributed by atoms with Crippen molar-refractivity contribution >= 4 is 28.4 Å². The second kappa shape index (κ2) is 9.59. The molecule has 1 atom stereocenters. The minimum Gasteiger partial charge on any atom is -0.329 e. The van der Waals surface area contributed by atoms with E-state index in [0.29, 0.717) is 39.5 Å². The number of carbonyl (C=O) groups is 1. The van der Waals surface area contributed by atoms with Gasteiger partial charge in [0, 0.05) is 12.1 Å². The van der Waals surface area contributed by atoms with E-state index in [1.807, 2.05) is 75.4 Å². The van der Waals surface area contributed by atoms with Crippen LogP contribution in [0.5, 0.6) is 0 Å². The molecule has 168 valence electrons. The van der Waals surface area contributed by atoms with Crippen molar-refractivity contribution in [2.75, 3.05) is 6.54 Å². The summed E-state index contributed by atoms with van der Waals surface area (Å²) in [7, 11) is 0. The summed E-state index contributed by atoms with van der Waals surface area (Å²) in [5.41, 5.74) is 2.61. The highest BCUT2D eigenvalue weighted by Gasteiger charge is 2.27. The summed E-state index contributed by atoms with van der Waals surface area (Å²) in [6, 6.07) is 21.5. The fourth-order valence-electron chi connectivity index (χ4n) is 4.01. The van der Waals surface area contributed by atoms with Gasteiger partial charge in [0.1, 0.15) is 5.82 Å². The number of aryl methyl sites for hydroxylation is 1. The maximum atomic E-state index is 13.6. The lowest BCUT2D eigenvalue weighted by atomic mass is 10.1. The Hall–Kier alpha value is -3.44. The number of fused-ring (bicyclic) bond motifs is 1. The highest BCUT2D eigenvalue weighted by atomic mass is 35.5. The van der Waals surface area contributed by atoms with Crippen LogP contribution in [0.2, 0.25) is 5.02 Å². The Morgan fingerprint density at radius 3 is 2.39 bits per heavy atom. The van der Waals surface area contributed by atoms with Gasteiger partial charge in [0.05, 0.1) is 27.7 Å². The van der Waals surface area contributed by atoms with Gasteiger partial charge in [0.2, 0.25) is 0 Å². The van der Waals surface area contributed by atoms with Crippen LogP contribution in [0.25, 0.3) is 16.6 Å². The molecule has 1 unspecified atom stereocenters. The average Bonchev–Trinajstić information content (AvgIpc) is 2.83. The van der Waals surface area contributed by atoms with E-state index in [4.69, 9.17) is 16.6 Å². The molecule has 33 heavy (non-hydrogen) atoms. The van der Waals surface area contributed by atoms with Crippen molar-refractivity contribution < 1.29 is 4.79 Å². The van der Waals surface area contributed by atoms with Gasteiger partial charge in [0.15, 0.2) is 0 Å². The van der Waals surface area contributed by atoms with Crippen LogP contribution in [-0.2, 0) is 0 Å². The van der Waals surface area contributed by atoms with E-state index in [2.05, 4.69) is 0 Å². The summed E-state index contributed by atoms with van der Waals surface area (Å²) in [6.07, 6.45) is 0.770. The molecule has 0 aliphatic carbocycles. The van der Waals surface area contributed by atoms with Crippen molar-refractivity contribution in [1.82, 2.24) is 14.5 Å². The monoisotopic (exact) mass is 459 g/mol. The van der Waals surface area contributed by atoms with Crippen molar-refractivity contribution in [1.29, 1.82) is 0 Å². The van der Waals surface area contributed by atoms with Crippen LogP contribution in [0.15, 0.2) is 77.6 Å². The largest absolute Gasteiger partial charge is 0.329 e. The molecule has 6 heteroatoms. The van der Waals surface area contributed by atoms with Crippen molar-refractivity contribution in [3.05, 3.63) is 105 Å². The van der Waals surface area contributed by atoms with E-state index >= 15 is 0 Å². The Morgan fingerprint density at radius 1 is 1.03 bits per heavy atom. The molecule has 0 N–H and O–H groups in total. The van der Waals surface area contributed by atoms with Crippen molar-refractivity contribution in [3.8, 4) is 5.69 Å². The Bertz CT molecular complexity index is 1360. The maximum absolute atomic E-state index is 13.6. The molecule has 1 amide bonds. The Labute approximate surface area is 198 Å². The predicted octanol–water partition coefficient (Wildman–Crippen LogP) is 5.96. The minimum absolute atomic E-state index is 0.0996. The first kappa shape index (κ1) is 22.7. The van der Waals surface area contributed by atoms with Crippen molar-refractivity contribution in [2.45, 2.75) is 33.2 Å². The third-order valence-corrected chi connectivity index (χ3v) is 6.08. The molecule has 4 rings (SSSR count). The maximum Gasteiger partial charge on any atom is 0.266 e. The second-order valence-electron chi connectivity index (χ2n) is 8.12. The molecule has 0 aliphatic rings. The van der Waals surface area contributed by atoms with Gasteiger partial charge in [-0.2, -0.15) is 0 Å². The van der Waals surface area contributed by atoms with Gasteiger partial charge in [0.25, 0.3) is 11.5 Å². The van der Waals surface area contributed by atoms with E-state index in [0.717, 1.165) is 12.0 Å². The number of para-hydroxylation sites is 2. The predicted molar refractivity (Wildman–Crippen MR) is 133 cm³/mol. The summed E-state index contributed by atoms with van der Waals surface area (Å²) >= 11 is 6.50. The molecule has 3 aromatic carbocycles. The first-order chi connectivity index (χ1) is 15.9. The van der Waals surface area contributed by atoms with Crippen LogP contribution in [-0.4, -0.2) is 26.9 Å². The highest BCUT2D eigenvalue weighted by Crippen LogP contribution is 2.27. The van der Waals surface area contributed by atoms with E-state index in [1.54, 1.807) is 27.7 Å². The van der Waals surface area contributed by atoms with Crippen LogP contribution >= 0.6 is 11.6 Å². The standard InChI is InChI=1S/C27H26ClN3O2/c1-4-17-30(26(32)20-15-13-18(2)14-16-20)19(3)25-29-23-11-7-5-9-21(23)27(33)31(25)24-12-8-6-10-22(24)28/h5-16,19H,4,17H2,1-3H3. The third kappa shape index (κ3) is 4.41. The van der Waals surface area contributed by atoms with Gasteiger partial charge in [-0.25, -0.2) is 4.98 Å². The quantitative estimate of drug-likeness (QED) is 0.357. The number of hydrogen-bond acceptors (Lipinski definition) is 3. The molecule has 1 aromatic heterocycles. The van der Waals surface area contributed by atoms with Crippen LogP contribution in [0, 0.1) is 6.92 Å². The van der Waals surface area contributed by atoms with Crippen molar-refractivity contribution in [2.24, 2.45) is 0 Å². The third-order valence-electron chi connectivity index (χ3n) is 5.76. The first-order valence-electron chi connectivity index (χ1n) is 11.1. The number of halogens is 1. The zero-order valence-electron chi connectivity index (χ0n) is 19.0. The molecule has 0 bridgehead atoms. The van der Waals surface area contributed by atoms with Crippen molar-refractivity contribution in [3.63, 3.8) is 0 Å². The molecular formula is C27H26ClN3O2. The summed E-state index contributed by atoms with van der Waals surface area (Å²) in [5, 5.41) is 0.942. The van der Waals surface area contributed by atoms with Crippen LogP contribution in [0.3, 0.4) is 0 Å². The van der Waals surface area contributed by atoms with E-state index in [1.165, 1.54) is 0 Å². The zero-order valence-corrected chi connectivity index (χ0v) is 19.7. The lowest BCUT2D eigenvalue weighted by Crippen LogP contribution is -2.38. The minimum atomic E-state index is -0.465. The summed E-state index contributed by atoms with van der Waals surface area (Å²) in [6.45, 7) is 6.45. The first-order valence-corrected chi connectivity index (χ1v) is 11.4. The van der Waals surface area contributed by atoms with Gasteiger partial charge in [-0.05, 0) is 56.7 Å². The van der Waals surface area contributed by atoms with E-state index < -0.39 is 6.04 Å². The number of amides is 1. The molecule has 4 aromatic rings. The molecule has 0 aliphatic heterocycles. The molecule has 0 saturated heterocycles. The second-order valence-corrected chi connectivity index (χ2v) is 8.53. The van der Waals surface area contributed by atoms with Crippen LogP contribution in [0.4, 0.5) is 0 Å². The van der Waals surface area contributed by atoms with Gasteiger partial charge in [-0.3, -0.25) is 14.2 Å². The normalized spacial score (nSPS) is 12.0. The molecule has 5 nitrogen and oxygen atoms in total.